The van der Waals surface area contributed by atoms with Gasteiger partial charge in [0.25, 0.3) is 0 Å². The van der Waals surface area contributed by atoms with Gasteiger partial charge in [-0.3, -0.25) is 0 Å². The van der Waals surface area contributed by atoms with Crippen molar-refractivity contribution >= 4 is 0 Å². The van der Waals surface area contributed by atoms with E-state index in [1.807, 2.05) is 6.92 Å². The third kappa shape index (κ3) is 5.53. The van der Waals surface area contributed by atoms with Crippen LogP contribution in [0.5, 0.6) is 0 Å². The van der Waals surface area contributed by atoms with Crippen LogP contribution in [0.25, 0.3) is 0 Å². The predicted octanol–water partition coefficient (Wildman–Crippen LogP) is 2.11. The van der Waals surface area contributed by atoms with Crippen LogP contribution in [0, 0.1) is 17.8 Å². The highest BCUT2D eigenvalue weighted by atomic mass is 15.1. The molecule has 0 atom stereocenters. The summed E-state index contributed by atoms with van der Waals surface area (Å²) in [5, 5.41) is 3.53. The Morgan fingerprint density at radius 2 is 2.06 bits per heavy atom. The van der Waals surface area contributed by atoms with Crippen LogP contribution in [-0.4, -0.2) is 37.6 Å². The number of nitrogens with one attached hydrogen (secondary N) is 1. The molecule has 1 fully saturated rings. The SMILES string of the molecule is CC#CCCN1CCC(CNCCC)CC1. The lowest BCUT2D eigenvalue weighted by Gasteiger charge is -2.31. The molecule has 2 heteroatoms. The minimum Gasteiger partial charge on any atom is -0.316 e. The fourth-order valence-electron chi connectivity index (χ4n) is 2.24. The lowest BCUT2D eigenvalue weighted by Crippen LogP contribution is -2.37. The molecule has 0 spiro atoms. The Bertz CT molecular complexity index is 219. The van der Waals surface area contributed by atoms with Gasteiger partial charge in [-0.2, -0.15) is 0 Å². The van der Waals surface area contributed by atoms with E-state index in [0.29, 0.717) is 0 Å². The van der Waals surface area contributed by atoms with Crippen molar-refractivity contribution < 1.29 is 0 Å². The van der Waals surface area contributed by atoms with Crippen LogP contribution in [0.15, 0.2) is 0 Å². The number of likely N-dealkylation sites (tertiary alicyclic amines) is 1. The Morgan fingerprint density at radius 3 is 2.69 bits per heavy atom. The van der Waals surface area contributed by atoms with E-state index in [2.05, 4.69) is 29.0 Å². The zero-order valence-electron chi connectivity index (χ0n) is 10.9. The molecule has 0 aromatic heterocycles. The lowest BCUT2D eigenvalue weighted by molar-refractivity contribution is 0.186. The first-order valence-electron chi connectivity index (χ1n) is 6.69. The Labute approximate surface area is 101 Å². The molecule has 0 bridgehead atoms. The summed E-state index contributed by atoms with van der Waals surface area (Å²) in [6.45, 7) is 10.2. The van der Waals surface area contributed by atoms with Gasteiger partial charge in [0, 0.05) is 13.0 Å². The molecule has 1 heterocycles. The number of piperidine rings is 1. The van der Waals surface area contributed by atoms with E-state index >= 15 is 0 Å². The minimum absolute atomic E-state index is 0.903. The Balaban J connectivity index is 2.05. The largest absolute Gasteiger partial charge is 0.316 e. The standard InChI is InChI=1S/C14H26N2/c1-3-5-6-10-16-11-7-14(8-12-16)13-15-9-4-2/h14-15H,4,6-13H2,1-2H3. The molecule has 0 aromatic carbocycles. The van der Waals surface area contributed by atoms with Crippen LogP contribution in [-0.2, 0) is 0 Å². The molecule has 1 saturated heterocycles. The molecular formula is C14H26N2. The summed E-state index contributed by atoms with van der Waals surface area (Å²) in [6, 6.07) is 0. The Morgan fingerprint density at radius 1 is 1.31 bits per heavy atom. The third-order valence-electron chi connectivity index (χ3n) is 3.30. The average Bonchev–Trinajstić information content (AvgIpc) is 2.32. The van der Waals surface area contributed by atoms with Gasteiger partial charge in [-0.15, -0.1) is 11.8 Å². The maximum atomic E-state index is 3.53. The first kappa shape index (κ1) is 13.5. The molecule has 0 unspecified atom stereocenters. The van der Waals surface area contributed by atoms with Crippen LogP contribution >= 0.6 is 0 Å². The predicted molar refractivity (Wildman–Crippen MR) is 70.4 cm³/mol. The first-order valence-corrected chi connectivity index (χ1v) is 6.69. The van der Waals surface area contributed by atoms with Crippen molar-refractivity contribution in [3.8, 4) is 11.8 Å². The summed E-state index contributed by atoms with van der Waals surface area (Å²) >= 11 is 0. The van der Waals surface area contributed by atoms with E-state index < -0.39 is 0 Å². The van der Waals surface area contributed by atoms with Crippen molar-refractivity contribution in [3.63, 3.8) is 0 Å². The van der Waals surface area contributed by atoms with Gasteiger partial charge in [0.05, 0.1) is 0 Å². The summed E-state index contributed by atoms with van der Waals surface area (Å²) in [4.78, 5) is 2.56. The van der Waals surface area contributed by atoms with Gasteiger partial charge < -0.3 is 10.2 Å². The summed E-state index contributed by atoms with van der Waals surface area (Å²) in [6.07, 6.45) is 5.00. The Hall–Kier alpha value is -0.520. The second-order valence-electron chi connectivity index (χ2n) is 4.67. The lowest BCUT2D eigenvalue weighted by atomic mass is 9.96. The average molecular weight is 222 g/mol. The van der Waals surface area contributed by atoms with E-state index in [-0.39, 0.29) is 0 Å². The highest BCUT2D eigenvalue weighted by molar-refractivity contribution is 4.95. The monoisotopic (exact) mass is 222 g/mol. The molecular weight excluding hydrogens is 196 g/mol. The molecule has 92 valence electrons. The van der Waals surface area contributed by atoms with Crippen LogP contribution in [0.4, 0.5) is 0 Å². The van der Waals surface area contributed by atoms with Crippen molar-refractivity contribution in [2.24, 2.45) is 5.92 Å². The zero-order chi connectivity index (χ0) is 11.6. The second kappa shape index (κ2) is 8.61. The highest BCUT2D eigenvalue weighted by Gasteiger charge is 2.17. The van der Waals surface area contributed by atoms with E-state index in [1.165, 1.54) is 45.4 Å². The number of nitrogens with zero attached hydrogens (tertiary/aromatic N) is 1. The van der Waals surface area contributed by atoms with Crippen LogP contribution in [0.1, 0.15) is 39.5 Å². The van der Waals surface area contributed by atoms with Gasteiger partial charge in [-0.05, 0) is 58.3 Å². The smallest absolute Gasteiger partial charge is 0.0216 e. The normalized spacial score (nSPS) is 18.1. The number of hydrogen-bond acceptors (Lipinski definition) is 2. The van der Waals surface area contributed by atoms with Crippen molar-refractivity contribution in [2.45, 2.75) is 39.5 Å². The molecule has 16 heavy (non-hydrogen) atoms. The van der Waals surface area contributed by atoms with E-state index in [9.17, 15) is 0 Å². The summed E-state index contributed by atoms with van der Waals surface area (Å²) in [7, 11) is 0. The van der Waals surface area contributed by atoms with Crippen molar-refractivity contribution in [1.29, 1.82) is 0 Å². The molecule has 2 nitrogen and oxygen atoms in total. The van der Waals surface area contributed by atoms with Gasteiger partial charge in [0.2, 0.25) is 0 Å². The van der Waals surface area contributed by atoms with Crippen LogP contribution < -0.4 is 5.32 Å². The summed E-state index contributed by atoms with van der Waals surface area (Å²) in [5.41, 5.74) is 0. The molecule has 1 aliphatic heterocycles. The Kier molecular flexibility index (Phi) is 7.29. The molecule has 1 N–H and O–H groups in total. The van der Waals surface area contributed by atoms with E-state index in [0.717, 1.165) is 18.9 Å². The summed E-state index contributed by atoms with van der Waals surface area (Å²) < 4.78 is 0. The molecule has 0 amide bonds. The topological polar surface area (TPSA) is 15.3 Å². The maximum absolute atomic E-state index is 3.53. The zero-order valence-corrected chi connectivity index (χ0v) is 10.9. The molecule has 0 saturated carbocycles. The van der Waals surface area contributed by atoms with Crippen LogP contribution in [0.2, 0.25) is 0 Å². The fourth-order valence-corrected chi connectivity index (χ4v) is 2.24. The van der Waals surface area contributed by atoms with Gasteiger partial charge in [-0.25, -0.2) is 0 Å². The summed E-state index contributed by atoms with van der Waals surface area (Å²) in [5.74, 6) is 7.01. The van der Waals surface area contributed by atoms with E-state index in [1.54, 1.807) is 0 Å². The quantitative estimate of drug-likeness (QED) is 0.547. The molecule has 0 radical (unpaired) electrons. The fraction of sp³-hybridized carbons (Fsp3) is 0.857. The van der Waals surface area contributed by atoms with Gasteiger partial charge >= 0.3 is 0 Å². The second-order valence-corrected chi connectivity index (χ2v) is 4.67. The molecule has 0 aromatic rings. The minimum atomic E-state index is 0.903. The van der Waals surface area contributed by atoms with Crippen molar-refractivity contribution in [3.05, 3.63) is 0 Å². The van der Waals surface area contributed by atoms with E-state index in [4.69, 9.17) is 0 Å². The number of rotatable bonds is 6. The maximum Gasteiger partial charge on any atom is 0.0216 e. The third-order valence-corrected chi connectivity index (χ3v) is 3.30. The number of hydrogen-bond donors (Lipinski definition) is 1. The molecule has 1 rings (SSSR count). The van der Waals surface area contributed by atoms with Crippen LogP contribution in [0.3, 0.4) is 0 Å². The van der Waals surface area contributed by atoms with Gasteiger partial charge in [0.15, 0.2) is 0 Å². The van der Waals surface area contributed by atoms with Gasteiger partial charge in [-0.1, -0.05) is 6.92 Å². The van der Waals surface area contributed by atoms with Gasteiger partial charge in [0.1, 0.15) is 0 Å². The van der Waals surface area contributed by atoms with Crippen molar-refractivity contribution in [1.82, 2.24) is 10.2 Å². The van der Waals surface area contributed by atoms with Crippen molar-refractivity contribution in [2.75, 3.05) is 32.7 Å². The first-order chi connectivity index (χ1) is 7.86. The highest BCUT2D eigenvalue weighted by Crippen LogP contribution is 2.16. The molecule has 1 aliphatic rings. The molecule has 0 aliphatic carbocycles.